The van der Waals surface area contributed by atoms with E-state index in [1.54, 1.807) is 18.6 Å². The predicted octanol–water partition coefficient (Wildman–Crippen LogP) is 1.24. The molecular weight excluding hydrogens is 194 g/mol. The molecule has 4 heteroatoms. The van der Waals surface area contributed by atoms with Crippen LogP contribution < -0.4 is 0 Å². The fraction of sp³-hybridized carbons (Fsp3) is 0.167. The zero-order valence-electron chi connectivity index (χ0n) is 5.40. The lowest BCUT2D eigenvalue weighted by atomic mass is 10.8. The Labute approximate surface area is 70.6 Å². The van der Waals surface area contributed by atoms with Crippen LogP contribution >= 0.6 is 17.0 Å². The molecule has 0 amide bonds. The SMILES string of the molecule is Br.C=CN1C=CN(C#N)C1. The summed E-state index contributed by atoms with van der Waals surface area (Å²) >= 11 is 0. The monoisotopic (exact) mass is 201 g/mol. The van der Waals surface area contributed by atoms with Crippen LogP contribution in [0.25, 0.3) is 0 Å². The molecule has 54 valence electrons. The van der Waals surface area contributed by atoms with Crippen LogP contribution in [0.15, 0.2) is 25.2 Å². The summed E-state index contributed by atoms with van der Waals surface area (Å²) in [6.07, 6.45) is 7.17. The van der Waals surface area contributed by atoms with Crippen molar-refractivity contribution in [1.82, 2.24) is 9.80 Å². The van der Waals surface area contributed by atoms with Crippen LogP contribution in [0.5, 0.6) is 0 Å². The molecule has 10 heavy (non-hydrogen) atoms. The van der Waals surface area contributed by atoms with Gasteiger partial charge in [-0.1, -0.05) is 6.58 Å². The van der Waals surface area contributed by atoms with Crippen LogP contribution in [-0.4, -0.2) is 16.5 Å². The van der Waals surface area contributed by atoms with Gasteiger partial charge in [0.1, 0.15) is 6.67 Å². The van der Waals surface area contributed by atoms with E-state index in [1.807, 2.05) is 11.1 Å². The van der Waals surface area contributed by atoms with Crippen molar-refractivity contribution in [1.29, 1.82) is 5.26 Å². The second-order valence-corrected chi connectivity index (χ2v) is 1.71. The Balaban J connectivity index is 0.000000810. The van der Waals surface area contributed by atoms with Gasteiger partial charge < -0.3 is 4.90 Å². The molecule has 0 radical (unpaired) electrons. The van der Waals surface area contributed by atoms with Crippen molar-refractivity contribution >= 4 is 17.0 Å². The maximum Gasteiger partial charge on any atom is 0.185 e. The van der Waals surface area contributed by atoms with Gasteiger partial charge in [0.2, 0.25) is 0 Å². The molecule has 1 heterocycles. The van der Waals surface area contributed by atoms with Gasteiger partial charge in [-0.05, 0) is 6.20 Å². The number of rotatable bonds is 1. The van der Waals surface area contributed by atoms with Gasteiger partial charge in [0.25, 0.3) is 0 Å². The molecule has 1 rings (SSSR count). The minimum Gasteiger partial charge on any atom is -0.334 e. The third-order valence-electron chi connectivity index (χ3n) is 1.12. The van der Waals surface area contributed by atoms with E-state index in [1.165, 1.54) is 4.90 Å². The highest BCUT2D eigenvalue weighted by atomic mass is 79.9. The number of nitriles is 1. The fourth-order valence-corrected chi connectivity index (χ4v) is 0.620. The van der Waals surface area contributed by atoms with Crippen LogP contribution in [0, 0.1) is 11.5 Å². The molecule has 0 bridgehead atoms. The molecule has 3 nitrogen and oxygen atoms in total. The number of hydrogen-bond acceptors (Lipinski definition) is 3. The molecule has 0 atom stereocenters. The van der Waals surface area contributed by atoms with Crippen LogP contribution in [0.3, 0.4) is 0 Å². The average Bonchev–Trinajstić information content (AvgIpc) is 2.34. The van der Waals surface area contributed by atoms with Crippen molar-refractivity contribution in [3.05, 3.63) is 25.2 Å². The molecule has 0 saturated carbocycles. The zero-order valence-corrected chi connectivity index (χ0v) is 7.11. The summed E-state index contributed by atoms with van der Waals surface area (Å²) in [5.74, 6) is 0. The Morgan fingerprint density at radius 3 is 2.60 bits per heavy atom. The highest BCUT2D eigenvalue weighted by Crippen LogP contribution is 2.03. The standard InChI is InChI=1S/C6H7N3.BrH/c1-2-8-3-4-9(5-7)6-8;/h2-4H,1,6H2;1H. The summed E-state index contributed by atoms with van der Waals surface area (Å²) in [5.41, 5.74) is 0. The second kappa shape index (κ2) is 3.96. The van der Waals surface area contributed by atoms with Crippen molar-refractivity contribution < 1.29 is 0 Å². The van der Waals surface area contributed by atoms with Crippen molar-refractivity contribution in [2.45, 2.75) is 0 Å². The van der Waals surface area contributed by atoms with Crippen molar-refractivity contribution in [3.8, 4) is 6.19 Å². The highest BCUT2D eigenvalue weighted by molar-refractivity contribution is 8.93. The molecule has 0 saturated heterocycles. The van der Waals surface area contributed by atoms with Gasteiger partial charge in [-0.2, -0.15) is 5.26 Å². The molecule has 0 N–H and O–H groups in total. The van der Waals surface area contributed by atoms with E-state index in [4.69, 9.17) is 5.26 Å². The van der Waals surface area contributed by atoms with Gasteiger partial charge in [0, 0.05) is 12.4 Å². The lowest BCUT2D eigenvalue weighted by Gasteiger charge is -2.08. The Bertz CT molecular complexity index is 182. The van der Waals surface area contributed by atoms with E-state index in [9.17, 15) is 0 Å². The average molecular weight is 202 g/mol. The molecule has 0 unspecified atom stereocenters. The topological polar surface area (TPSA) is 30.3 Å². The van der Waals surface area contributed by atoms with E-state index in [-0.39, 0.29) is 17.0 Å². The lowest BCUT2D eigenvalue weighted by molar-refractivity contribution is 0.403. The fourth-order valence-electron chi connectivity index (χ4n) is 0.620. The largest absolute Gasteiger partial charge is 0.334 e. The van der Waals surface area contributed by atoms with E-state index in [2.05, 4.69) is 6.58 Å². The minimum absolute atomic E-state index is 0. The van der Waals surface area contributed by atoms with E-state index >= 15 is 0 Å². The summed E-state index contributed by atoms with van der Waals surface area (Å²) in [4.78, 5) is 3.34. The highest BCUT2D eigenvalue weighted by Gasteiger charge is 2.06. The zero-order chi connectivity index (χ0) is 6.69. The van der Waals surface area contributed by atoms with Gasteiger partial charge in [-0.15, -0.1) is 17.0 Å². The molecule has 0 spiro atoms. The number of hydrogen-bond donors (Lipinski definition) is 0. The molecule has 0 aromatic heterocycles. The number of nitrogens with zero attached hydrogens (tertiary/aromatic N) is 3. The Morgan fingerprint density at radius 1 is 1.60 bits per heavy atom. The van der Waals surface area contributed by atoms with Crippen LogP contribution in [-0.2, 0) is 0 Å². The van der Waals surface area contributed by atoms with Gasteiger partial charge >= 0.3 is 0 Å². The maximum absolute atomic E-state index is 8.34. The van der Waals surface area contributed by atoms with Crippen molar-refractivity contribution in [3.63, 3.8) is 0 Å². The number of halogens is 1. The van der Waals surface area contributed by atoms with Crippen molar-refractivity contribution in [2.24, 2.45) is 0 Å². The molecule has 0 fully saturated rings. The minimum atomic E-state index is 0. The second-order valence-electron chi connectivity index (χ2n) is 1.71. The van der Waals surface area contributed by atoms with E-state index in [0.29, 0.717) is 6.67 Å². The van der Waals surface area contributed by atoms with Gasteiger partial charge in [0.15, 0.2) is 6.19 Å². The van der Waals surface area contributed by atoms with Crippen LogP contribution in [0.4, 0.5) is 0 Å². The summed E-state index contributed by atoms with van der Waals surface area (Å²) in [5, 5.41) is 8.34. The Kier molecular flexibility index (Phi) is 3.59. The van der Waals surface area contributed by atoms with Crippen molar-refractivity contribution in [2.75, 3.05) is 6.67 Å². The van der Waals surface area contributed by atoms with E-state index < -0.39 is 0 Å². The summed E-state index contributed by atoms with van der Waals surface area (Å²) in [6.45, 7) is 4.15. The van der Waals surface area contributed by atoms with Crippen LogP contribution in [0.1, 0.15) is 0 Å². The molecule has 0 aromatic rings. The summed E-state index contributed by atoms with van der Waals surface area (Å²) in [7, 11) is 0. The predicted molar refractivity (Wildman–Crippen MR) is 43.8 cm³/mol. The third kappa shape index (κ3) is 1.78. The van der Waals surface area contributed by atoms with Crippen LogP contribution in [0.2, 0.25) is 0 Å². The lowest BCUT2D eigenvalue weighted by Crippen LogP contribution is -2.16. The van der Waals surface area contributed by atoms with Gasteiger partial charge in [-0.3, -0.25) is 4.90 Å². The first-order valence-corrected chi connectivity index (χ1v) is 2.60. The maximum atomic E-state index is 8.34. The molecule has 1 aliphatic heterocycles. The molecular formula is C6H8BrN3. The first-order valence-electron chi connectivity index (χ1n) is 2.60. The molecule has 0 aromatic carbocycles. The third-order valence-corrected chi connectivity index (χ3v) is 1.12. The first kappa shape index (κ1) is 9.05. The normalized spacial score (nSPS) is 14.3. The smallest absolute Gasteiger partial charge is 0.185 e. The Hall–Kier alpha value is -0.950. The molecule has 1 aliphatic rings. The quantitative estimate of drug-likeness (QED) is 0.599. The van der Waals surface area contributed by atoms with Gasteiger partial charge in [-0.25, -0.2) is 0 Å². The van der Waals surface area contributed by atoms with E-state index in [0.717, 1.165) is 0 Å². The summed E-state index contributed by atoms with van der Waals surface area (Å²) < 4.78 is 0. The summed E-state index contributed by atoms with van der Waals surface area (Å²) in [6, 6.07) is 0. The van der Waals surface area contributed by atoms with Gasteiger partial charge in [0.05, 0.1) is 0 Å². The molecule has 0 aliphatic carbocycles. The first-order chi connectivity index (χ1) is 4.36. The Morgan fingerprint density at radius 2 is 2.30 bits per heavy atom.